The van der Waals surface area contributed by atoms with Crippen LogP contribution in [0.4, 0.5) is 0 Å². The van der Waals surface area contributed by atoms with Crippen LogP contribution in [0.25, 0.3) is 10.9 Å². The van der Waals surface area contributed by atoms with Crippen LogP contribution in [0.1, 0.15) is 41.0 Å². The van der Waals surface area contributed by atoms with Crippen molar-refractivity contribution in [3.63, 3.8) is 0 Å². The molecule has 6 nitrogen and oxygen atoms in total. The predicted octanol–water partition coefficient (Wildman–Crippen LogP) is 2.65. The average Bonchev–Trinajstić information content (AvgIpc) is 3.12. The van der Waals surface area contributed by atoms with Crippen LogP contribution < -0.4 is 0 Å². The van der Waals surface area contributed by atoms with Gasteiger partial charge in [-0.3, -0.25) is 0 Å². The third-order valence-corrected chi connectivity index (χ3v) is 3.74. The number of rotatable bonds is 4. The van der Waals surface area contributed by atoms with Crippen molar-refractivity contribution >= 4 is 16.9 Å². The van der Waals surface area contributed by atoms with E-state index in [0.29, 0.717) is 24.2 Å². The molecular formula is C15H13N3O3. The summed E-state index contributed by atoms with van der Waals surface area (Å²) in [5, 5.41) is 14.2. The van der Waals surface area contributed by atoms with E-state index in [0.717, 1.165) is 23.7 Å². The monoisotopic (exact) mass is 283 g/mol. The molecule has 0 radical (unpaired) electrons. The molecule has 0 aliphatic heterocycles. The smallest absolute Gasteiger partial charge is 0.352 e. The maximum atomic E-state index is 11.4. The molecule has 1 aromatic carbocycles. The van der Waals surface area contributed by atoms with Gasteiger partial charge in [0.2, 0.25) is 5.89 Å². The Morgan fingerprint density at radius 3 is 2.95 bits per heavy atom. The molecule has 0 bridgehead atoms. The number of aromatic carboxylic acids is 1. The Labute approximate surface area is 120 Å². The van der Waals surface area contributed by atoms with Crippen molar-refractivity contribution in [1.29, 1.82) is 0 Å². The minimum atomic E-state index is -0.961. The second-order valence-corrected chi connectivity index (χ2v) is 5.30. The minimum Gasteiger partial charge on any atom is -0.477 e. The summed E-state index contributed by atoms with van der Waals surface area (Å²) in [7, 11) is 0. The van der Waals surface area contributed by atoms with E-state index >= 15 is 0 Å². The van der Waals surface area contributed by atoms with Crippen LogP contribution in [0.2, 0.25) is 0 Å². The van der Waals surface area contributed by atoms with Gasteiger partial charge in [-0.2, -0.15) is 4.98 Å². The van der Waals surface area contributed by atoms with E-state index in [2.05, 4.69) is 10.1 Å². The number of aromatic nitrogens is 3. The van der Waals surface area contributed by atoms with E-state index in [1.165, 1.54) is 0 Å². The van der Waals surface area contributed by atoms with Gasteiger partial charge in [-0.05, 0) is 25.0 Å². The molecule has 21 heavy (non-hydrogen) atoms. The van der Waals surface area contributed by atoms with Crippen molar-refractivity contribution in [3.8, 4) is 0 Å². The second kappa shape index (κ2) is 4.44. The first-order valence-electron chi connectivity index (χ1n) is 6.86. The van der Waals surface area contributed by atoms with Crippen LogP contribution in [-0.2, 0) is 6.54 Å². The van der Waals surface area contributed by atoms with Crippen molar-refractivity contribution in [2.75, 3.05) is 0 Å². The molecule has 106 valence electrons. The molecule has 0 saturated heterocycles. The molecule has 0 atom stereocenters. The number of carbonyl (C=O) groups is 1. The van der Waals surface area contributed by atoms with Gasteiger partial charge < -0.3 is 14.2 Å². The molecular weight excluding hydrogens is 270 g/mol. The van der Waals surface area contributed by atoms with Crippen molar-refractivity contribution in [3.05, 3.63) is 47.7 Å². The topological polar surface area (TPSA) is 81.1 Å². The summed E-state index contributed by atoms with van der Waals surface area (Å²) in [6, 6.07) is 9.22. The molecule has 0 spiro atoms. The van der Waals surface area contributed by atoms with Gasteiger partial charge >= 0.3 is 5.97 Å². The summed E-state index contributed by atoms with van der Waals surface area (Å²) < 4.78 is 6.94. The van der Waals surface area contributed by atoms with Crippen LogP contribution in [0.15, 0.2) is 34.9 Å². The second-order valence-electron chi connectivity index (χ2n) is 5.30. The summed E-state index contributed by atoms with van der Waals surface area (Å²) in [6.45, 7) is 0.297. The maximum Gasteiger partial charge on any atom is 0.352 e. The third kappa shape index (κ3) is 2.08. The van der Waals surface area contributed by atoms with Crippen LogP contribution in [0.3, 0.4) is 0 Å². The van der Waals surface area contributed by atoms with Gasteiger partial charge in [0.05, 0.1) is 6.54 Å². The van der Waals surface area contributed by atoms with Gasteiger partial charge in [0, 0.05) is 16.8 Å². The van der Waals surface area contributed by atoms with E-state index in [1.54, 1.807) is 10.6 Å². The summed E-state index contributed by atoms with van der Waals surface area (Å²) >= 11 is 0. The molecule has 0 unspecified atom stereocenters. The minimum absolute atomic E-state index is 0.231. The van der Waals surface area contributed by atoms with E-state index in [-0.39, 0.29) is 5.69 Å². The van der Waals surface area contributed by atoms with Crippen LogP contribution >= 0.6 is 0 Å². The van der Waals surface area contributed by atoms with Gasteiger partial charge in [-0.1, -0.05) is 23.4 Å². The molecule has 1 N–H and O–H groups in total. The van der Waals surface area contributed by atoms with E-state index in [9.17, 15) is 9.90 Å². The highest BCUT2D eigenvalue weighted by Gasteiger charge is 2.29. The van der Waals surface area contributed by atoms with Crippen molar-refractivity contribution in [2.45, 2.75) is 25.3 Å². The molecule has 1 aliphatic carbocycles. The zero-order valence-corrected chi connectivity index (χ0v) is 11.2. The summed E-state index contributed by atoms with van der Waals surface area (Å²) in [5.41, 5.74) is 1.08. The van der Waals surface area contributed by atoms with Crippen molar-refractivity contribution in [1.82, 2.24) is 14.7 Å². The SMILES string of the molecule is O=C(O)c1cc2ccccc2n1Cc1noc(C2CC2)n1. The van der Waals surface area contributed by atoms with Gasteiger partial charge in [0.1, 0.15) is 5.69 Å². The summed E-state index contributed by atoms with van der Waals surface area (Å²) in [6.07, 6.45) is 2.18. The number of nitrogens with zero attached hydrogens (tertiary/aromatic N) is 3. The Kier molecular flexibility index (Phi) is 2.57. The highest BCUT2D eigenvalue weighted by molar-refractivity contribution is 5.94. The van der Waals surface area contributed by atoms with Gasteiger partial charge in [-0.15, -0.1) is 0 Å². The third-order valence-electron chi connectivity index (χ3n) is 3.74. The molecule has 2 heterocycles. The Morgan fingerprint density at radius 1 is 1.38 bits per heavy atom. The zero-order chi connectivity index (χ0) is 14.4. The Balaban J connectivity index is 1.76. The first-order valence-corrected chi connectivity index (χ1v) is 6.86. The lowest BCUT2D eigenvalue weighted by molar-refractivity contribution is 0.0686. The van der Waals surface area contributed by atoms with Crippen LogP contribution in [0, 0.1) is 0 Å². The Morgan fingerprint density at radius 2 is 2.19 bits per heavy atom. The lowest BCUT2D eigenvalue weighted by Crippen LogP contribution is -2.10. The molecule has 3 aromatic rings. The first-order chi connectivity index (χ1) is 10.2. The average molecular weight is 283 g/mol. The molecule has 1 fully saturated rings. The molecule has 1 saturated carbocycles. The number of fused-ring (bicyclic) bond motifs is 1. The lowest BCUT2D eigenvalue weighted by Gasteiger charge is -2.04. The molecule has 4 rings (SSSR count). The maximum absolute atomic E-state index is 11.4. The summed E-state index contributed by atoms with van der Waals surface area (Å²) in [5.74, 6) is 0.614. The number of hydrogen-bond acceptors (Lipinski definition) is 4. The molecule has 6 heteroatoms. The van der Waals surface area contributed by atoms with Gasteiger partial charge in [-0.25, -0.2) is 4.79 Å². The standard InChI is InChI=1S/C15H13N3O3/c19-15(20)12-7-10-3-1-2-4-11(10)18(12)8-13-16-14(21-17-13)9-5-6-9/h1-4,7,9H,5-6,8H2,(H,19,20). The van der Waals surface area contributed by atoms with E-state index in [4.69, 9.17) is 4.52 Å². The number of para-hydroxylation sites is 1. The van der Waals surface area contributed by atoms with Gasteiger partial charge in [0.15, 0.2) is 5.82 Å². The molecule has 1 aliphatic rings. The normalized spacial score (nSPS) is 14.7. The van der Waals surface area contributed by atoms with Crippen LogP contribution in [-0.4, -0.2) is 25.8 Å². The van der Waals surface area contributed by atoms with Gasteiger partial charge in [0.25, 0.3) is 0 Å². The Bertz CT molecular complexity index is 830. The fourth-order valence-electron chi connectivity index (χ4n) is 2.53. The number of benzene rings is 1. The highest BCUT2D eigenvalue weighted by atomic mass is 16.5. The molecule has 0 amide bonds. The Hall–Kier alpha value is -2.63. The summed E-state index contributed by atoms with van der Waals surface area (Å²) in [4.78, 5) is 15.8. The largest absolute Gasteiger partial charge is 0.477 e. The van der Waals surface area contributed by atoms with Crippen LogP contribution in [0.5, 0.6) is 0 Å². The predicted molar refractivity (Wildman–Crippen MR) is 74.3 cm³/mol. The molecule has 2 aromatic heterocycles. The quantitative estimate of drug-likeness (QED) is 0.796. The highest BCUT2D eigenvalue weighted by Crippen LogP contribution is 2.38. The van der Waals surface area contributed by atoms with E-state index < -0.39 is 5.97 Å². The fourth-order valence-corrected chi connectivity index (χ4v) is 2.53. The number of carboxylic acid groups (broad SMARTS) is 1. The lowest BCUT2D eigenvalue weighted by atomic mass is 10.2. The fraction of sp³-hybridized carbons (Fsp3) is 0.267. The van der Waals surface area contributed by atoms with E-state index in [1.807, 2.05) is 24.3 Å². The van der Waals surface area contributed by atoms with Crippen molar-refractivity contribution < 1.29 is 14.4 Å². The number of hydrogen-bond donors (Lipinski definition) is 1. The number of carboxylic acids is 1. The zero-order valence-electron chi connectivity index (χ0n) is 11.2. The first kappa shape index (κ1) is 12.1. The van der Waals surface area contributed by atoms with Crippen molar-refractivity contribution in [2.24, 2.45) is 0 Å².